The molecule has 0 aliphatic carbocycles. The van der Waals surface area contributed by atoms with Crippen LogP contribution in [0.25, 0.3) is 0 Å². The van der Waals surface area contributed by atoms with Crippen molar-refractivity contribution >= 4 is 21.8 Å². The molecule has 1 aromatic heterocycles. The van der Waals surface area contributed by atoms with Crippen LogP contribution in [0.5, 0.6) is 0 Å². The number of benzene rings is 1. The lowest BCUT2D eigenvalue weighted by Gasteiger charge is -2.14. The highest BCUT2D eigenvalue weighted by Crippen LogP contribution is 2.16. The predicted molar refractivity (Wildman–Crippen MR) is 77.1 cm³/mol. The minimum absolute atomic E-state index is 0.117. The first-order chi connectivity index (χ1) is 9.08. The molecule has 5 heteroatoms. The van der Waals surface area contributed by atoms with E-state index in [1.165, 1.54) is 18.5 Å². The van der Waals surface area contributed by atoms with Crippen LogP contribution >= 0.6 is 15.9 Å². The quantitative estimate of drug-likeness (QED) is 0.913. The first-order valence-corrected chi connectivity index (χ1v) is 6.60. The molecule has 0 bridgehead atoms. The molecule has 2 aromatic rings. The Kier molecular flexibility index (Phi) is 4.16. The van der Waals surface area contributed by atoms with Crippen molar-refractivity contribution in [2.24, 2.45) is 0 Å². The minimum atomic E-state index is -0.378. The summed E-state index contributed by atoms with van der Waals surface area (Å²) in [7, 11) is 0. The van der Waals surface area contributed by atoms with Gasteiger partial charge in [-0.05, 0) is 24.6 Å². The molecular formula is C14H13BrN2O2. The van der Waals surface area contributed by atoms with Gasteiger partial charge >= 0.3 is 0 Å². The van der Waals surface area contributed by atoms with Crippen LogP contribution in [0, 0.1) is 0 Å². The summed E-state index contributed by atoms with van der Waals surface area (Å²) in [6.45, 7) is 1.87. The summed E-state index contributed by atoms with van der Waals surface area (Å²) >= 11 is 3.36. The maximum Gasteiger partial charge on any atom is 0.257 e. The van der Waals surface area contributed by atoms with Crippen molar-refractivity contribution in [1.82, 2.24) is 10.3 Å². The molecule has 0 aliphatic heterocycles. The van der Waals surface area contributed by atoms with Crippen LogP contribution in [-0.4, -0.2) is 10.9 Å². The van der Waals surface area contributed by atoms with E-state index in [9.17, 15) is 9.59 Å². The van der Waals surface area contributed by atoms with Gasteiger partial charge in [0.25, 0.3) is 5.91 Å². The Bertz CT molecular complexity index is 634. The predicted octanol–water partition coefficient (Wildman–Crippen LogP) is 2.63. The molecule has 2 rings (SSSR count). The van der Waals surface area contributed by atoms with Gasteiger partial charge in [-0.15, -0.1) is 0 Å². The van der Waals surface area contributed by atoms with E-state index < -0.39 is 0 Å². The van der Waals surface area contributed by atoms with Crippen LogP contribution in [0.3, 0.4) is 0 Å². The van der Waals surface area contributed by atoms with Gasteiger partial charge in [0.15, 0.2) is 5.43 Å². The van der Waals surface area contributed by atoms with Crippen LogP contribution in [0.1, 0.15) is 28.9 Å². The van der Waals surface area contributed by atoms with E-state index in [0.29, 0.717) is 0 Å². The van der Waals surface area contributed by atoms with Crippen molar-refractivity contribution in [2.75, 3.05) is 0 Å². The lowest BCUT2D eigenvalue weighted by atomic mass is 10.1. The fourth-order valence-electron chi connectivity index (χ4n) is 1.70. The molecule has 4 nitrogen and oxygen atoms in total. The third-order valence-electron chi connectivity index (χ3n) is 2.79. The zero-order valence-corrected chi connectivity index (χ0v) is 11.9. The Morgan fingerprint density at radius 2 is 1.95 bits per heavy atom. The fourth-order valence-corrected chi connectivity index (χ4v) is 1.97. The second-order valence-electron chi connectivity index (χ2n) is 4.17. The van der Waals surface area contributed by atoms with Gasteiger partial charge in [0.1, 0.15) is 5.56 Å². The number of hydrogen-bond acceptors (Lipinski definition) is 2. The molecule has 98 valence electrons. The Morgan fingerprint density at radius 3 is 2.58 bits per heavy atom. The van der Waals surface area contributed by atoms with Gasteiger partial charge in [0, 0.05) is 22.9 Å². The molecule has 0 spiro atoms. The monoisotopic (exact) mass is 320 g/mol. The average Bonchev–Trinajstić information content (AvgIpc) is 2.39. The van der Waals surface area contributed by atoms with Crippen LogP contribution < -0.4 is 10.7 Å². The molecule has 0 saturated heterocycles. The first kappa shape index (κ1) is 13.5. The van der Waals surface area contributed by atoms with E-state index in [4.69, 9.17) is 0 Å². The van der Waals surface area contributed by atoms with E-state index in [1.807, 2.05) is 31.2 Å². The number of halogens is 1. The lowest BCUT2D eigenvalue weighted by Crippen LogP contribution is -2.30. The van der Waals surface area contributed by atoms with E-state index in [2.05, 4.69) is 26.2 Å². The molecule has 0 unspecified atom stereocenters. The number of pyridine rings is 1. The SMILES string of the molecule is C[C@@H](NC(=O)c1c[nH]ccc1=O)c1ccc(Br)cc1. The molecule has 0 saturated carbocycles. The highest BCUT2D eigenvalue weighted by Gasteiger charge is 2.13. The van der Waals surface area contributed by atoms with Crippen molar-refractivity contribution in [2.45, 2.75) is 13.0 Å². The molecular weight excluding hydrogens is 308 g/mol. The lowest BCUT2D eigenvalue weighted by molar-refractivity contribution is 0.0938. The smallest absolute Gasteiger partial charge is 0.257 e. The highest BCUT2D eigenvalue weighted by molar-refractivity contribution is 9.10. The summed E-state index contributed by atoms with van der Waals surface area (Å²) in [6.07, 6.45) is 2.91. The summed E-state index contributed by atoms with van der Waals surface area (Å²) in [6, 6.07) is 8.83. The van der Waals surface area contributed by atoms with Crippen LogP contribution in [0.2, 0.25) is 0 Å². The van der Waals surface area contributed by atoms with Crippen molar-refractivity contribution in [3.05, 3.63) is 68.5 Å². The van der Waals surface area contributed by atoms with E-state index in [1.54, 1.807) is 0 Å². The number of aromatic amines is 1. The van der Waals surface area contributed by atoms with E-state index >= 15 is 0 Å². The van der Waals surface area contributed by atoms with E-state index in [0.717, 1.165) is 10.0 Å². The minimum Gasteiger partial charge on any atom is -0.367 e. The summed E-state index contributed by atoms with van der Waals surface area (Å²) in [5.74, 6) is -0.378. The van der Waals surface area contributed by atoms with Gasteiger partial charge in [-0.1, -0.05) is 28.1 Å². The van der Waals surface area contributed by atoms with Gasteiger partial charge in [-0.25, -0.2) is 0 Å². The van der Waals surface area contributed by atoms with Gasteiger partial charge in [-0.2, -0.15) is 0 Å². The molecule has 0 aliphatic rings. The Morgan fingerprint density at radius 1 is 1.26 bits per heavy atom. The number of carbonyl (C=O) groups excluding carboxylic acids is 1. The van der Waals surface area contributed by atoms with Crippen LogP contribution in [0.15, 0.2) is 52.0 Å². The van der Waals surface area contributed by atoms with Gasteiger partial charge in [0.2, 0.25) is 0 Å². The standard InChI is InChI=1S/C14H13BrN2O2/c1-9(10-2-4-11(15)5-3-10)17-14(19)12-8-16-7-6-13(12)18/h2-9H,1H3,(H,16,18)(H,17,19)/t9-/m1/s1. The molecule has 2 N–H and O–H groups in total. The molecule has 0 fully saturated rings. The summed E-state index contributed by atoms with van der Waals surface area (Å²) in [5, 5.41) is 2.80. The number of aromatic nitrogens is 1. The third kappa shape index (κ3) is 3.32. The summed E-state index contributed by atoms with van der Waals surface area (Å²) in [5.41, 5.74) is 0.801. The molecule has 1 heterocycles. The first-order valence-electron chi connectivity index (χ1n) is 5.81. The topological polar surface area (TPSA) is 62.0 Å². The average molecular weight is 321 g/mol. The van der Waals surface area contributed by atoms with Crippen molar-refractivity contribution < 1.29 is 4.79 Å². The Hall–Kier alpha value is -1.88. The number of nitrogens with one attached hydrogen (secondary N) is 2. The number of H-pyrrole nitrogens is 1. The molecule has 1 atom stereocenters. The number of hydrogen-bond donors (Lipinski definition) is 2. The maximum atomic E-state index is 12.0. The molecule has 0 radical (unpaired) electrons. The largest absolute Gasteiger partial charge is 0.367 e. The van der Waals surface area contributed by atoms with Crippen molar-refractivity contribution in [3.8, 4) is 0 Å². The Labute approximate surface area is 119 Å². The van der Waals surface area contributed by atoms with Gasteiger partial charge in [0.05, 0.1) is 6.04 Å². The highest BCUT2D eigenvalue weighted by atomic mass is 79.9. The van der Waals surface area contributed by atoms with Gasteiger partial charge < -0.3 is 10.3 Å². The van der Waals surface area contributed by atoms with E-state index in [-0.39, 0.29) is 22.9 Å². The fraction of sp³-hybridized carbons (Fsp3) is 0.143. The number of carbonyl (C=O) groups is 1. The van der Waals surface area contributed by atoms with Crippen LogP contribution in [0.4, 0.5) is 0 Å². The number of amides is 1. The van der Waals surface area contributed by atoms with Gasteiger partial charge in [-0.3, -0.25) is 9.59 Å². The second kappa shape index (κ2) is 5.84. The third-order valence-corrected chi connectivity index (χ3v) is 3.31. The Balaban J connectivity index is 2.13. The number of rotatable bonds is 3. The summed E-state index contributed by atoms with van der Waals surface area (Å²) < 4.78 is 0.981. The van der Waals surface area contributed by atoms with Crippen molar-refractivity contribution in [1.29, 1.82) is 0 Å². The van der Waals surface area contributed by atoms with Crippen molar-refractivity contribution in [3.63, 3.8) is 0 Å². The zero-order valence-electron chi connectivity index (χ0n) is 10.3. The molecule has 19 heavy (non-hydrogen) atoms. The van der Waals surface area contributed by atoms with Crippen LogP contribution in [-0.2, 0) is 0 Å². The normalized spacial score (nSPS) is 11.9. The molecule has 1 amide bonds. The zero-order chi connectivity index (χ0) is 13.8. The second-order valence-corrected chi connectivity index (χ2v) is 5.08. The summed E-state index contributed by atoms with van der Waals surface area (Å²) in [4.78, 5) is 26.2. The molecule has 1 aromatic carbocycles. The maximum absolute atomic E-state index is 12.0.